The molecular formula is C16H22O5. The van der Waals surface area contributed by atoms with Crippen molar-refractivity contribution in [2.75, 3.05) is 7.11 Å². The predicted octanol–water partition coefficient (Wildman–Crippen LogP) is 2.01. The Hall–Kier alpha value is -0.910. The molecule has 0 unspecified atom stereocenters. The molecule has 0 spiro atoms. The molecule has 4 aliphatic rings. The summed E-state index contributed by atoms with van der Waals surface area (Å²) in [6.45, 7) is 3.80. The molecule has 0 aromatic carbocycles. The van der Waals surface area contributed by atoms with Crippen LogP contribution in [0.1, 0.15) is 33.1 Å². The molecule has 0 bridgehead atoms. The molecule has 5 heteroatoms. The van der Waals surface area contributed by atoms with Gasteiger partial charge >= 0.3 is 0 Å². The largest absolute Gasteiger partial charge is 0.501 e. The van der Waals surface area contributed by atoms with Gasteiger partial charge in [-0.05, 0) is 32.6 Å². The number of rotatable bonds is 1. The van der Waals surface area contributed by atoms with Crippen LogP contribution in [0.3, 0.4) is 0 Å². The molecule has 3 fully saturated rings. The molecule has 0 aromatic heterocycles. The maximum absolute atomic E-state index is 12.6. The lowest BCUT2D eigenvalue weighted by atomic mass is 9.64. The van der Waals surface area contributed by atoms with Crippen LogP contribution in [0.5, 0.6) is 0 Å². The van der Waals surface area contributed by atoms with Crippen molar-refractivity contribution < 1.29 is 23.7 Å². The van der Waals surface area contributed by atoms with Crippen molar-refractivity contribution in [2.24, 2.45) is 17.8 Å². The first-order valence-corrected chi connectivity index (χ1v) is 7.78. The predicted molar refractivity (Wildman–Crippen MR) is 73.1 cm³/mol. The lowest BCUT2D eigenvalue weighted by molar-refractivity contribution is -0.217. The standard InChI is InChI=1S/C16H22O5/c1-16(2)20-14-13-11(19-15(14)21-16)5-4-8-6-9(18-3)7-10(17)12(8)13/h7-8,11-15H,4-6H2,1-3H3/t8-,11-,12-,13+,14-,15-/m1/s1. The third kappa shape index (κ3) is 2.05. The number of ketones is 1. The molecule has 0 amide bonds. The monoisotopic (exact) mass is 294 g/mol. The van der Waals surface area contributed by atoms with E-state index in [-0.39, 0.29) is 36.1 Å². The number of hydrogen-bond acceptors (Lipinski definition) is 5. The van der Waals surface area contributed by atoms with Crippen LogP contribution in [-0.2, 0) is 23.7 Å². The topological polar surface area (TPSA) is 54.0 Å². The third-order valence-electron chi connectivity index (χ3n) is 5.31. The van der Waals surface area contributed by atoms with Crippen LogP contribution in [0.2, 0.25) is 0 Å². The van der Waals surface area contributed by atoms with Gasteiger partial charge in [0.25, 0.3) is 0 Å². The Morgan fingerprint density at radius 2 is 2.10 bits per heavy atom. The molecule has 6 atom stereocenters. The van der Waals surface area contributed by atoms with Gasteiger partial charge in [0.15, 0.2) is 17.9 Å². The minimum atomic E-state index is -0.626. The summed E-state index contributed by atoms with van der Waals surface area (Å²) in [5.41, 5.74) is 0. The SMILES string of the molecule is COC1=CC(=O)[C@H]2[C@H](CC[C@H]3O[C@@H]4OC(C)(C)O[C@@H]4[C@H]23)C1. The second-order valence-electron chi connectivity index (χ2n) is 7.00. The molecule has 2 aliphatic heterocycles. The Labute approximate surface area is 124 Å². The Balaban J connectivity index is 1.64. The van der Waals surface area contributed by atoms with Gasteiger partial charge in [0.1, 0.15) is 6.10 Å². The normalized spacial score (nSPS) is 47.4. The van der Waals surface area contributed by atoms with Crippen LogP contribution in [0.15, 0.2) is 11.8 Å². The van der Waals surface area contributed by atoms with Gasteiger partial charge < -0.3 is 18.9 Å². The van der Waals surface area contributed by atoms with E-state index < -0.39 is 5.79 Å². The van der Waals surface area contributed by atoms with Gasteiger partial charge in [0.05, 0.1) is 19.0 Å². The Morgan fingerprint density at radius 1 is 1.29 bits per heavy atom. The highest BCUT2D eigenvalue weighted by Gasteiger charge is 2.60. The van der Waals surface area contributed by atoms with Crippen molar-refractivity contribution in [1.82, 2.24) is 0 Å². The van der Waals surface area contributed by atoms with E-state index in [1.807, 2.05) is 13.8 Å². The number of carbonyl (C=O) groups excluding carboxylic acids is 1. The second kappa shape index (κ2) is 4.54. The Bertz CT molecular complexity index is 497. The fourth-order valence-electron chi connectivity index (χ4n) is 4.53. The summed E-state index contributed by atoms with van der Waals surface area (Å²) in [5, 5.41) is 0. The molecular weight excluding hydrogens is 272 g/mol. The maximum Gasteiger partial charge on any atom is 0.187 e. The zero-order valence-electron chi connectivity index (χ0n) is 12.7. The number of carbonyl (C=O) groups is 1. The molecule has 4 rings (SSSR count). The number of methoxy groups -OCH3 is 1. The minimum absolute atomic E-state index is 0.0184. The maximum atomic E-state index is 12.6. The Kier molecular flexibility index (Phi) is 2.97. The lowest BCUT2D eigenvalue weighted by Gasteiger charge is -2.41. The summed E-state index contributed by atoms with van der Waals surface area (Å²) in [5.74, 6) is 0.772. The zero-order valence-corrected chi connectivity index (χ0v) is 12.7. The second-order valence-corrected chi connectivity index (χ2v) is 7.00. The van der Waals surface area contributed by atoms with E-state index in [0.29, 0.717) is 5.92 Å². The number of fused-ring (bicyclic) bond motifs is 5. The van der Waals surface area contributed by atoms with E-state index >= 15 is 0 Å². The van der Waals surface area contributed by atoms with E-state index in [4.69, 9.17) is 18.9 Å². The van der Waals surface area contributed by atoms with Gasteiger partial charge in [-0.25, -0.2) is 0 Å². The molecule has 2 saturated heterocycles. The van der Waals surface area contributed by atoms with Gasteiger partial charge in [-0.1, -0.05) is 0 Å². The van der Waals surface area contributed by atoms with Crippen molar-refractivity contribution >= 4 is 5.78 Å². The molecule has 0 radical (unpaired) electrons. The van der Waals surface area contributed by atoms with Gasteiger partial charge in [-0.3, -0.25) is 4.79 Å². The lowest BCUT2D eigenvalue weighted by Crippen LogP contribution is -2.46. The summed E-state index contributed by atoms with van der Waals surface area (Å²) in [7, 11) is 1.64. The van der Waals surface area contributed by atoms with Crippen LogP contribution in [-0.4, -0.2) is 37.2 Å². The van der Waals surface area contributed by atoms with Crippen LogP contribution >= 0.6 is 0 Å². The van der Waals surface area contributed by atoms with Crippen LogP contribution in [0.25, 0.3) is 0 Å². The average molecular weight is 294 g/mol. The fraction of sp³-hybridized carbons (Fsp3) is 0.812. The van der Waals surface area contributed by atoms with Crippen molar-refractivity contribution in [1.29, 1.82) is 0 Å². The summed E-state index contributed by atoms with van der Waals surface area (Å²) in [4.78, 5) is 12.6. The van der Waals surface area contributed by atoms with Crippen molar-refractivity contribution in [2.45, 2.75) is 57.4 Å². The molecule has 2 heterocycles. The summed E-state index contributed by atoms with van der Waals surface area (Å²) < 4.78 is 23.2. The van der Waals surface area contributed by atoms with Gasteiger partial charge in [0.2, 0.25) is 0 Å². The molecule has 0 aromatic rings. The van der Waals surface area contributed by atoms with E-state index in [0.717, 1.165) is 25.0 Å². The quantitative estimate of drug-likeness (QED) is 0.740. The van der Waals surface area contributed by atoms with Gasteiger partial charge in [-0.2, -0.15) is 0 Å². The average Bonchev–Trinajstić information content (AvgIpc) is 2.89. The number of hydrogen-bond donors (Lipinski definition) is 0. The first-order valence-electron chi connectivity index (χ1n) is 7.78. The van der Waals surface area contributed by atoms with Crippen molar-refractivity contribution in [3.05, 3.63) is 11.8 Å². The van der Waals surface area contributed by atoms with E-state index in [1.165, 1.54) is 0 Å². The Morgan fingerprint density at radius 3 is 2.86 bits per heavy atom. The van der Waals surface area contributed by atoms with Crippen LogP contribution < -0.4 is 0 Å². The number of allylic oxidation sites excluding steroid dienone is 2. The van der Waals surface area contributed by atoms with Crippen molar-refractivity contribution in [3.63, 3.8) is 0 Å². The molecule has 5 nitrogen and oxygen atoms in total. The summed E-state index contributed by atoms with van der Waals surface area (Å²) in [6.07, 6.45) is 4.11. The molecule has 2 aliphatic carbocycles. The molecule has 0 N–H and O–H groups in total. The summed E-state index contributed by atoms with van der Waals surface area (Å²) >= 11 is 0. The zero-order chi connectivity index (χ0) is 14.8. The molecule has 116 valence electrons. The van der Waals surface area contributed by atoms with E-state index in [9.17, 15) is 4.79 Å². The fourth-order valence-corrected chi connectivity index (χ4v) is 4.53. The van der Waals surface area contributed by atoms with Gasteiger partial charge in [0, 0.05) is 24.3 Å². The van der Waals surface area contributed by atoms with E-state index in [2.05, 4.69) is 0 Å². The number of ether oxygens (including phenoxy) is 4. The van der Waals surface area contributed by atoms with E-state index in [1.54, 1.807) is 13.2 Å². The van der Waals surface area contributed by atoms with Gasteiger partial charge in [-0.15, -0.1) is 0 Å². The summed E-state index contributed by atoms with van der Waals surface area (Å²) in [6, 6.07) is 0. The highest BCUT2D eigenvalue weighted by atomic mass is 16.8. The third-order valence-corrected chi connectivity index (χ3v) is 5.31. The highest BCUT2D eigenvalue weighted by molar-refractivity contribution is 5.93. The smallest absolute Gasteiger partial charge is 0.187 e. The van der Waals surface area contributed by atoms with Crippen LogP contribution in [0, 0.1) is 17.8 Å². The van der Waals surface area contributed by atoms with Crippen LogP contribution in [0.4, 0.5) is 0 Å². The molecule has 21 heavy (non-hydrogen) atoms. The first-order chi connectivity index (χ1) is 9.98. The highest BCUT2D eigenvalue weighted by Crippen LogP contribution is 2.52. The molecule has 1 saturated carbocycles. The first kappa shape index (κ1) is 13.7. The minimum Gasteiger partial charge on any atom is -0.501 e. The van der Waals surface area contributed by atoms with Crippen molar-refractivity contribution in [3.8, 4) is 0 Å².